The summed E-state index contributed by atoms with van der Waals surface area (Å²) in [5.41, 5.74) is 0.431. The number of epoxide rings is 1. The average molecular weight is 143 g/mol. The third-order valence-corrected chi connectivity index (χ3v) is 1.15. The zero-order valence-corrected chi connectivity index (χ0v) is 5.92. The Kier molecular flexibility index (Phi) is 2.06. The minimum absolute atomic E-state index is 0. The van der Waals surface area contributed by atoms with Gasteiger partial charge in [0.2, 0.25) is 0 Å². The fourth-order valence-corrected chi connectivity index (χ4v) is 0.456. The zero-order chi connectivity index (χ0) is 7.56. The molecule has 10 heavy (non-hydrogen) atoms. The second kappa shape index (κ2) is 2.84. The molecule has 56 valence electrons. The molecule has 0 amide bonds. The zero-order valence-electron chi connectivity index (χ0n) is 6.92. The van der Waals surface area contributed by atoms with Gasteiger partial charge in [0.1, 0.15) is 12.7 Å². The highest BCUT2D eigenvalue weighted by atomic mass is 16.6. The number of ether oxygens (including phenoxy) is 2. The van der Waals surface area contributed by atoms with Crippen molar-refractivity contribution in [2.24, 2.45) is 0 Å². The topological polar surface area (TPSA) is 38.8 Å². The number of hydrogen-bond acceptors (Lipinski definition) is 3. The first kappa shape index (κ1) is 7.28. The van der Waals surface area contributed by atoms with Gasteiger partial charge in [-0.25, -0.2) is 4.79 Å². The first-order valence-electron chi connectivity index (χ1n) is 3.14. The maximum atomic E-state index is 10.7. The highest BCUT2D eigenvalue weighted by molar-refractivity contribution is 5.86. The van der Waals surface area contributed by atoms with Crippen molar-refractivity contribution in [2.75, 3.05) is 13.2 Å². The molecule has 0 aromatic heterocycles. The maximum Gasteiger partial charge on any atom is 1.00 e. The van der Waals surface area contributed by atoms with Crippen LogP contribution in [0.2, 0.25) is 0 Å². The van der Waals surface area contributed by atoms with E-state index < -0.39 is 0 Å². The molecule has 1 fully saturated rings. The Morgan fingerprint density at radius 3 is 3.00 bits per heavy atom. The fraction of sp³-hybridized carbons (Fsp3) is 0.571. The molecule has 0 radical (unpaired) electrons. The predicted molar refractivity (Wildman–Crippen MR) is 36.6 cm³/mol. The van der Waals surface area contributed by atoms with Crippen molar-refractivity contribution in [3.63, 3.8) is 0 Å². The average Bonchev–Trinajstić information content (AvgIpc) is 2.64. The van der Waals surface area contributed by atoms with Crippen LogP contribution in [0.25, 0.3) is 0 Å². The minimum Gasteiger partial charge on any atom is -0.459 e. The molecule has 3 nitrogen and oxygen atoms in total. The molecule has 0 aliphatic carbocycles. The van der Waals surface area contributed by atoms with Gasteiger partial charge < -0.3 is 9.47 Å². The first-order valence-corrected chi connectivity index (χ1v) is 3.14. The summed E-state index contributed by atoms with van der Waals surface area (Å²) >= 11 is 0. The highest BCUT2D eigenvalue weighted by Crippen LogP contribution is 2.09. The van der Waals surface area contributed by atoms with Gasteiger partial charge in [-0.05, 0) is 6.92 Å². The molecule has 1 unspecified atom stereocenters. The number of rotatable bonds is 3. The van der Waals surface area contributed by atoms with E-state index in [-0.39, 0.29) is 13.5 Å². The number of esters is 1. The number of hydrogen-bond donors (Lipinski definition) is 0. The van der Waals surface area contributed by atoms with Crippen LogP contribution in [0.1, 0.15) is 8.35 Å². The molecule has 0 N–H and O–H groups in total. The van der Waals surface area contributed by atoms with Gasteiger partial charge in [-0.2, -0.15) is 0 Å². The summed E-state index contributed by atoms with van der Waals surface area (Å²) in [6.45, 7) is 6.14. The Morgan fingerprint density at radius 2 is 2.60 bits per heavy atom. The van der Waals surface area contributed by atoms with Crippen molar-refractivity contribution in [3.8, 4) is 0 Å². The largest absolute Gasteiger partial charge is 1.00 e. The molecule has 0 aromatic carbocycles. The van der Waals surface area contributed by atoms with Gasteiger partial charge in [-0.1, -0.05) is 6.58 Å². The first-order chi connectivity index (χ1) is 4.70. The Morgan fingerprint density at radius 1 is 2.00 bits per heavy atom. The smallest absolute Gasteiger partial charge is 0.459 e. The van der Waals surface area contributed by atoms with Crippen molar-refractivity contribution < 1.29 is 15.7 Å². The van der Waals surface area contributed by atoms with Gasteiger partial charge in [0.25, 0.3) is 0 Å². The van der Waals surface area contributed by atoms with Gasteiger partial charge in [-0.15, -0.1) is 0 Å². The van der Waals surface area contributed by atoms with E-state index in [9.17, 15) is 4.79 Å². The number of carbonyl (C=O) groups is 1. The fourth-order valence-electron chi connectivity index (χ4n) is 0.456. The van der Waals surface area contributed by atoms with Crippen LogP contribution in [0.4, 0.5) is 0 Å². The Hall–Kier alpha value is -0.830. The molecule has 0 aromatic rings. The number of carbonyl (C=O) groups excluding carboxylic acids is 1. The molecule has 1 rings (SSSR count). The van der Waals surface area contributed by atoms with Crippen molar-refractivity contribution in [2.45, 2.75) is 13.0 Å². The Labute approximate surface area is 61.1 Å². The Balaban J connectivity index is 0.000001000. The molecule has 1 atom stereocenters. The maximum absolute atomic E-state index is 10.7. The van der Waals surface area contributed by atoms with E-state index in [4.69, 9.17) is 9.47 Å². The SMILES string of the molecule is C=C(C)C(=O)OCC1CO1.[H+]. The van der Waals surface area contributed by atoms with Crippen LogP contribution in [0, 0.1) is 0 Å². The molecular weight excluding hydrogens is 132 g/mol. The lowest BCUT2D eigenvalue weighted by Crippen LogP contribution is -2.09. The second-order valence-electron chi connectivity index (χ2n) is 2.33. The molecule has 1 aliphatic heterocycles. The van der Waals surface area contributed by atoms with E-state index in [0.29, 0.717) is 18.8 Å². The van der Waals surface area contributed by atoms with E-state index in [1.54, 1.807) is 6.92 Å². The third-order valence-electron chi connectivity index (χ3n) is 1.15. The molecule has 1 saturated heterocycles. The quantitative estimate of drug-likeness (QED) is 0.330. The van der Waals surface area contributed by atoms with Crippen molar-refractivity contribution in [1.29, 1.82) is 0 Å². The lowest BCUT2D eigenvalue weighted by atomic mass is 10.4. The summed E-state index contributed by atoms with van der Waals surface area (Å²) in [6, 6.07) is 0. The van der Waals surface area contributed by atoms with Crippen molar-refractivity contribution >= 4 is 5.97 Å². The standard InChI is InChI=1S/C7H10O3/c1-5(2)7(8)10-4-6-3-9-6/h6H,1,3-4H2,2H3/p+1. The third kappa shape index (κ3) is 2.19. The van der Waals surface area contributed by atoms with Gasteiger partial charge in [0, 0.05) is 5.57 Å². The van der Waals surface area contributed by atoms with Crippen LogP contribution in [0.15, 0.2) is 12.2 Å². The normalized spacial score (nSPS) is 21.9. The van der Waals surface area contributed by atoms with Crippen LogP contribution in [0.3, 0.4) is 0 Å². The molecule has 1 aliphatic rings. The van der Waals surface area contributed by atoms with Crippen LogP contribution in [0.5, 0.6) is 0 Å². The van der Waals surface area contributed by atoms with Crippen LogP contribution in [-0.4, -0.2) is 25.3 Å². The molecule has 0 bridgehead atoms. The van der Waals surface area contributed by atoms with E-state index in [0.717, 1.165) is 0 Å². The molecule has 3 heteroatoms. The summed E-state index contributed by atoms with van der Waals surface area (Å²) in [4.78, 5) is 10.7. The van der Waals surface area contributed by atoms with Crippen molar-refractivity contribution in [3.05, 3.63) is 12.2 Å². The lowest BCUT2D eigenvalue weighted by Gasteiger charge is -1.99. The van der Waals surface area contributed by atoms with E-state index in [1.165, 1.54) is 0 Å². The van der Waals surface area contributed by atoms with Gasteiger partial charge in [0.05, 0.1) is 6.61 Å². The van der Waals surface area contributed by atoms with Crippen LogP contribution < -0.4 is 0 Å². The summed E-state index contributed by atoms with van der Waals surface area (Å²) < 4.78 is 9.60. The van der Waals surface area contributed by atoms with E-state index >= 15 is 0 Å². The summed E-state index contributed by atoms with van der Waals surface area (Å²) in [6.07, 6.45) is 0.142. The van der Waals surface area contributed by atoms with Gasteiger partial charge in [-0.3, -0.25) is 0 Å². The van der Waals surface area contributed by atoms with Gasteiger partial charge >= 0.3 is 7.40 Å². The molecule has 1 heterocycles. The van der Waals surface area contributed by atoms with Crippen molar-refractivity contribution in [1.82, 2.24) is 0 Å². The molecule has 0 saturated carbocycles. The minimum atomic E-state index is -0.337. The summed E-state index contributed by atoms with van der Waals surface area (Å²) in [5.74, 6) is -0.337. The summed E-state index contributed by atoms with van der Waals surface area (Å²) in [5, 5.41) is 0. The van der Waals surface area contributed by atoms with Crippen LogP contribution in [-0.2, 0) is 14.3 Å². The second-order valence-corrected chi connectivity index (χ2v) is 2.33. The monoisotopic (exact) mass is 143 g/mol. The lowest BCUT2D eigenvalue weighted by molar-refractivity contribution is -0.139. The van der Waals surface area contributed by atoms with E-state index in [2.05, 4.69) is 6.58 Å². The predicted octanol–water partition coefficient (Wildman–Crippen LogP) is 0.617. The van der Waals surface area contributed by atoms with Crippen LogP contribution >= 0.6 is 0 Å². The molecule has 0 spiro atoms. The Bertz CT molecular complexity index is 163. The molecular formula is C7H11O3+. The summed E-state index contributed by atoms with van der Waals surface area (Å²) in [7, 11) is 0. The highest BCUT2D eigenvalue weighted by Gasteiger charge is 2.24. The van der Waals surface area contributed by atoms with E-state index in [1.807, 2.05) is 0 Å². The van der Waals surface area contributed by atoms with Gasteiger partial charge in [0.15, 0.2) is 0 Å².